The van der Waals surface area contributed by atoms with Gasteiger partial charge in [-0.3, -0.25) is 4.79 Å². The topological polar surface area (TPSA) is 88.6 Å². The number of amides is 1. The van der Waals surface area contributed by atoms with Gasteiger partial charge in [-0.25, -0.2) is 9.97 Å². The first kappa shape index (κ1) is 19.1. The minimum atomic E-state index is -0.0437. The zero-order valence-corrected chi connectivity index (χ0v) is 17.5. The number of thiophene rings is 1. The normalized spacial score (nSPS) is 17.1. The molecule has 8 nitrogen and oxygen atoms in total. The Balaban J connectivity index is 1.35. The molecule has 0 spiro atoms. The van der Waals surface area contributed by atoms with E-state index in [1.165, 1.54) is 17.7 Å². The van der Waals surface area contributed by atoms with Crippen molar-refractivity contribution in [3.8, 4) is 11.5 Å². The average molecular weight is 426 g/mol. The van der Waals surface area contributed by atoms with E-state index in [-0.39, 0.29) is 11.9 Å². The third-order valence-electron chi connectivity index (χ3n) is 5.41. The van der Waals surface area contributed by atoms with Crippen LogP contribution in [0.1, 0.15) is 22.5 Å². The molecule has 5 rings (SSSR count). The number of nitrogens with zero attached hydrogens (tertiary/aromatic N) is 3. The second-order valence-corrected chi connectivity index (χ2v) is 8.62. The van der Waals surface area contributed by atoms with Crippen LogP contribution in [0.15, 0.2) is 30.6 Å². The molecule has 1 saturated heterocycles. The number of ether oxygens (including phenoxy) is 2. The third kappa shape index (κ3) is 3.90. The number of rotatable bonds is 4. The summed E-state index contributed by atoms with van der Waals surface area (Å²) in [6, 6.07) is 7.78. The molecular formula is C21H23N5O3S. The standard InChI is InChI=1S/C21H23N5O3S/c1-26-6-4-13(5-7-26)25-20(27)18-11-15-19(22-12-23-21(15)30-18)24-14-2-3-16-17(10-14)29-9-8-28-16/h2-3,10-13H,4-9H2,1H3,(H,25,27)(H,22,23,24). The predicted molar refractivity (Wildman–Crippen MR) is 116 cm³/mol. The van der Waals surface area contributed by atoms with Gasteiger partial charge in [-0.15, -0.1) is 11.3 Å². The van der Waals surface area contributed by atoms with Crippen molar-refractivity contribution in [2.45, 2.75) is 18.9 Å². The quantitative estimate of drug-likeness (QED) is 0.664. The fraction of sp³-hybridized carbons (Fsp3) is 0.381. The average Bonchev–Trinajstić information content (AvgIpc) is 3.21. The monoisotopic (exact) mass is 425 g/mol. The van der Waals surface area contributed by atoms with Crippen molar-refractivity contribution in [3.63, 3.8) is 0 Å². The smallest absolute Gasteiger partial charge is 0.261 e. The van der Waals surface area contributed by atoms with Gasteiger partial charge in [0.15, 0.2) is 11.5 Å². The molecule has 0 bridgehead atoms. The van der Waals surface area contributed by atoms with Gasteiger partial charge in [-0.05, 0) is 51.2 Å². The molecule has 0 unspecified atom stereocenters. The van der Waals surface area contributed by atoms with E-state index in [1.807, 2.05) is 24.3 Å². The summed E-state index contributed by atoms with van der Waals surface area (Å²) in [4.78, 5) is 25.2. The summed E-state index contributed by atoms with van der Waals surface area (Å²) in [6.07, 6.45) is 3.46. The van der Waals surface area contributed by atoms with Crippen LogP contribution < -0.4 is 20.1 Å². The van der Waals surface area contributed by atoms with Crippen LogP contribution >= 0.6 is 11.3 Å². The number of anilines is 2. The molecule has 0 atom stereocenters. The highest BCUT2D eigenvalue weighted by molar-refractivity contribution is 7.20. The summed E-state index contributed by atoms with van der Waals surface area (Å²) in [7, 11) is 2.11. The molecule has 1 fully saturated rings. The maximum Gasteiger partial charge on any atom is 0.261 e. The zero-order valence-electron chi connectivity index (χ0n) is 16.7. The van der Waals surface area contributed by atoms with Crippen LogP contribution in [0.4, 0.5) is 11.5 Å². The van der Waals surface area contributed by atoms with Gasteiger partial charge in [-0.2, -0.15) is 0 Å². The molecule has 1 amide bonds. The van der Waals surface area contributed by atoms with Gasteiger partial charge < -0.3 is 25.0 Å². The van der Waals surface area contributed by atoms with Crippen LogP contribution in [0, 0.1) is 0 Å². The Kier molecular flexibility index (Phi) is 5.14. The van der Waals surface area contributed by atoms with Crippen LogP contribution in [0.5, 0.6) is 11.5 Å². The Bertz CT molecular complexity index is 1080. The van der Waals surface area contributed by atoms with Crippen molar-refractivity contribution in [2.75, 3.05) is 38.7 Å². The van der Waals surface area contributed by atoms with E-state index >= 15 is 0 Å². The fourth-order valence-corrected chi connectivity index (χ4v) is 4.64. The Morgan fingerprint density at radius 2 is 1.93 bits per heavy atom. The summed E-state index contributed by atoms with van der Waals surface area (Å²) in [6.45, 7) is 3.11. The van der Waals surface area contributed by atoms with Gasteiger partial charge in [-0.1, -0.05) is 0 Å². The number of likely N-dealkylation sites (tertiary alicyclic amines) is 1. The highest BCUT2D eigenvalue weighted by atomic mass is 32.1. The van der Waals surface area contributed by atoms with Crippen LogP contribution in [-0.4, -0.2) is 60.2 Å². The lowest BCUT2D eigenvalue weighted by Gasteiger charge is -2.29. The second-order valence-electron chi connectivity index (χ2n) is 7.59. The minimum absolute atomic E-state index is 0.0437. The molecule has 3 aromatic rings. The maximum atomic E-state index is 12.8. The molecule has 0 radical (unpaired) electrons. The summed E-state index contributed by atoms with van der Waals surface area (Å²) in [5.41, 5.74) is 0.836. The van der Waals surface area contributed by atoms with Crippen molar-refractivity contribution >= 4 is 39.0 Å². The lowest BCUT2D eigenvalue weighted by molar-refractivity contribution is 0.0921. The highest BCUT2D eigenvalue weighted by Gasteiger charge is 2.21. The van der Waals surface area contributed by atoms with E-state index in [0.29, 0.717) is 29.7 Å². The Morgan fingerprint density at radius 1 is 1.13 bits per heavy atom. The lowest BCUT2D eigenvalue weighted by atomic mass is 10.1. The number of carbonyl (C=O) groups is 1. The van der Waals surface area contributed by atoms with E-state index in [0.717, 1.165) is 47.6 Å². The van der Waals surface area contributed by atoms with Crippen molar-refractivity contribution in [3.05, 3.63) is 35.5 Å². The number of hydrogen-bond donors (Lipinski definition) is 2. The molecule has 0 saturated carbocycles. The summed E-state index contributed by atoms with van der Waals surface area (Å²) in [5.74, 6) is 2.06. The van der Waals surface area contributed by atoms with Crippen molar-refractivity contribution < 1.29 is 14.3 Å². The van der Waals surface area contributed by atoms with Crippen LogP contribution in [0.2, 0.25) is 0 Å². The molecule has 156 valence electrons. The van der Waals surface area contributed by atoms with Gasteiger partial charge in [0.05, 0.1) is 10.3 Å². The molecule has 0 aliphatic carbocycles. The number of piperidine rings is 1. The zero-order chi connectivity index (χ0) is 20.5. The molecule has 2 N–H and O–H groups in total. The van der Waals surface area contributed by atoms with E-state index in [1.54, 1.807) is 0 Å². The Labute approximate surface area is 178 Å². The second kappa shape index (κ2) is 8.08. The number of benzene rings is 1. The molecule has 9 heteroatoms. The first-order valence-electron chi connectivity index (χ1n) is 10.1. The van der Waals surface area contributed by atoms with E-state index in [4.69, 9.17) is 9.47 Å². The molecule has 4 heterocycles. The molecular weight excluding hydrogens is 402 g/mol. The van der Waals surface area contributed by atoms with Gasteiger partial charge in [0.25, 0.3) is 5.91 Å². The number of hydrogen-bond acceptors (Lipinski definition) is 8. The predicted octanol–water partition coefficient (Wildman–Crippen LogP) is 3.03. The summed E-state index contributed by atoms with van der Waals surface area (Å²) < 4.78 is 11.2. The van der Waals surface area contributed by atoms with Crippen molar-refractivity contribution in [1.82, 2.24) is 20.2 Å². The maximum absolute atomic E-state index is 12.8. The van der Waals surface area contributed by atoms with Crippen molar-refractivity contribution in [2.24, 2.45) is 0 Å². The summed E-state index contributed by atoms with van der Waals surface area (Å²) >= 11 is 1.38. The number of fused-ring (bicyclic) bond motifs is 2. The molecule has 1 aromatic carbocycles. The minimum Gasteiger partial charge on any atom is -0.486 e. The third-order valence-corrected chi connectivity index (χ3v) is 6.45. The summed E-state index contributed by atoms with van der Waals surface area (Å²) in [5, 5.41) is 7.31. The van der Waals surface area contributed by atoms with Crippen molar-refractivity contribution in [1.29, 1.82) is 0 Å². The number of nitrogens with one attached hydrogen (secondary N) is 2. The van der Waals surface area contributed by atoms with Gasteiger partial charge in [0.2, 0.25) is 0 Å². The first-order chi connectivity index (χ1) is 14.7. The largest absolute Gasteiger partial charge is 0.486 e. The number of carbonyl (C=O) groups excluding carboxylic acids is 1. The van der Waals surface area contributed by atoms with Crippen LogP contribution in [0.25, 0.3) is 10.2 Å². The molecule has 2 aliphatic rings. The highest BCUT2D eigenvalue weighted by Crippen LogP contribution is 2.35. The van der Waals surface area contributed by atoms with Crippen LogP contribution in [0.3, 0.4) is 0 Å². The number of aromatic nitrogens is 2. The molecule has 2 aromatic heterocycles. The SMILES string of the molecule is CN1CCC(NC(=O)c2cc3c(Nc4ccc5c(c4)OCCO5)ncnc3s2)CC1. The van der Waals surface area contributed by atoms with Gasteiger partial charge >= 0.3 is 0 Å². The molecule has 30 heavy (non-hydrogen) atoms. The van der Waals surface area contributed by atoms with Gasteiger partial charge in [0, 0.05) is 17.8 Å². The Hall–Kier alpha value is -2.91. The van der Waals surface area contributed by atoms with Crippen LogP contribution in [-0.2, 0) is 0 Å². The fourth-order valence-electron chi connectivity index (χ4n) is 3.73. The van der Waals surface area contributed by atoms with E-state index in [9.17, 15) is 4.79 Å². The van der Waals surface area contributed by atoms with E-state index < -0.39 is 0 Å². The van der Waals surface area contributed by atoms with Gasteiger partial charge in [0.1, 0.15) is 30.2 Å². The molecule has 2 aliphatic heterocycles. The van der Waals surface area contributed by atoms with E-state index in [2.05, 4.69) is 32.5 Å². The lowest BCUT2D eigenvalue weighted by Crippen LogP contribution is -2.43. The first-order valence-corrected chi connectivity index (χ1v) is 10.9. The Morgan fingerprint density at radius 3 is 2.77 bits per heavy atom.